The molecule has 1 aliphatic rings. The summed E-state index contributed by atoms with van der Waals surface area (Å²) in [6, 6.07) is 7.03. The second kappa shape index (κ2) is 12.1. The summed E-state index contributed by atoms with van der Waals surface area (Å²) >= 11 is 0. The number of aliphatic hydroxyl groups is 1. The van der Waals surface area contributed by atoms with Gasteiger partial charge < -0.3 is 33.4 Å². The van der Waals surface area contributed by atoms with E-state index in [-0.39, 0.29) is 36.2 Å². The number of rotatable bonds is 11. The van der Waals surface area contributed by atoms with Crippen molar-refractivity contribution in [2.75, 3.05) is 41.0 Å². The average Bonchev–Trinajstić information content (AvgIpc) is 2.86. The number of hydrogen-bond acceptors (Lipinski definition) is 8. The van der Waals surface area contributed by atoms with Crippen LogP contribution in [0.4, 0.5) is 0 Å². The topological polar surface area (TPSA) is 108 Å². The number of fused-ring (bicyclic) bond motifs is 1. The second-order valence-electron chi connectivity index (χ2n) is 8.13. The van der Waals surface area contributed by atoms with Crippen LogP contribution in [0.3, 0.4) is 0 Å². The number of nitrogens with zero attached hydrogens (tertiary/aromatic N) is 1. The minimum Gasteiger partial charge on any atom is -0.464 e. The van der Waals surface area contributed by atoms with Crippen LogP contribution in [0.2, 0.25) is 0 Å². The highest BCUT2D eigenvalue weighted by atomic mass is 16.7. The molecule has 3 atom stereocenters. The fourth-order valence-electron chi connectivity index (χ4n) is 4.18. The molecule has 9 heteroatoms. The number of ether oxygens (including phenoxy) is 4. The zero-order chi connectivity index (χ0) is 24.7. The lowest BCUT2D eigenvalue weighted by Gasteiger charge is -2.37. The molecule has 0 unspecified atom stereocenters. The van der Waals surface area contributed by atoms with Crippen LogP contribution in [0, 0.1) is 5.92 Å². The number of allylic oxidation sites excluding steroid dienone is 1. The van der Waals surface area contributed by atoms with Crippen molar-refractivity contribution >= 4 is 16.9 Å². The Kier molecular flexibility index (Phi) is 9.23. The van der Waals surface area contributed by atoms with Gasteiger partial charge in [-0.2, -0.15) is 0 Å². The Labute approximate surface area is 198 Å². The van der Waals surface area contributed by atoms with E-state index in [1.165, 1.54) is 25.4 Å². The van der Waals surface area contributed by atoms with Crippen LogP contribution in [-0.2, 0) is 23.7 Å². The van der Waals surface area contributed by atoms with E-state index in [2.05, 4.69) is 0 Å². The highest BCUT2D eigenvalue weighted by Crippen LogP contribution is 2.39. The van der Waals surface area contributed by atoms with Gasteiger partial charge in [0.25, 0.3) is 5.91 Å². The highest BCUT2D eigenvalue weighted by Gasteiger charge is 2.40. The predicted molar refractivity (Wildman–Crippen MR) is 125 cm³/mol. The number of methoxy groups -OCH3 is 2. The number of hydrogen-bond donors (Lipinski definition) is 1. The van der Waals surface area contributed by atoms with E-state index >= 15 is 0 Å². The van der Waals surface area contributed by atoms with E-state index in [4.69, 9.17) is 23.4 Å². The third-order valence-corrected chi connectivity index (χ3v) is 5.98. The molecular formula is C25H33NO8. The molecule has 0 bridgehead atoms. The molecule has 0 aliphatic carbocycles. The first-order chi connectivity index (χ1) is 16.4. The van der Waals surface area contributed by atoms with Crippen LogP contribution >= 0.6 is 0 Å². The lowest BCUT2D eigenvalue weighted by atomic mass is 9.81. The first-order valence-electron chi connectivity index (χ1n) is 11.4. The summed E-state index contributed by atoms with van der Waals surface area (Å²) in [5.74, 6) is -1.13. The molecule has 34 heavy (non-hydrogen) atoms. The van der Waals surface area contributed by atoms with Gasteiger partial charge in [0.1, 0.15) is 5.58 Å². The van der Waals surface area contributed by atoms with Gasteiger partial charge in [-0.25, -0.2) is 0 Å². The SMILES string of the molecule is CCO[C@@H]1OC(C(=O)N(C)CC(OC)OC)=C[C@H](c2coc3ccccc3c2=O)[C@@H]1CCCO. The summed E-state index contributed by atoms with van der Waals surface area (Å²) in [6.07, 6.45) is 2.76. The van der Waals surface area contributed by atoms with E-state index < -0.39 is 18.5 Å². The summed E-state index contributed by atoms with van der Waals surface area (Å²) in [4.78, 5) is 28.1. The molecule has 2 heterocycles. The molecule has 186 valence electrons. The number of benzene rings is 1. The van der Waals surface area contributed by atoms with Crippen LogP contribution in [0.5, 0.6) is 0 Å². The van der Waals surface area contributed by atoms with Crippen LogP contribution in [0.15, 0.2) is 51.6 Å². The van der Waals surface area contributed by atoms with Crippen molar-refractivity contribution in [1.82, 2.24) is 4.90 Å². The molecule has 3 rings (SSSR count). The number of likely N-dealkylation sites (N-methyl/N-ethyl adjacent to an activating group) is 1. The smallest absolute Gasteiger partial charge is 0.288 e. The largest absolute Gasteiger partial charge is 0.464 e. The minimum atomic E-state index is -0.773. The zero-order valence-electron chi connectivity index (χ0n) is 20.1. The van der Waals surface area contributed by atoms with Crippen molar-refractivity contribution in [2.45, 2.75) is 38.3 Å². The molecule has 9 nitrogen and oxygen atoms in total. The van der Waals surface area contributed by atoms with Gasteiger partial charge in [0.05, 0.1) is 18.2 Å². The lowest BCUT2D eigenvalue weighted by molar-refractivity contribution is -0.172. The quantitative estimate of drug-likeness (QED) is 0.494. The molecule has 0 radical (unpaired) electrons. The molecule has 0 spiro atoms. The molecule has 0 saturated carbocycles. The Hall–Kier alpha value is -2.72. The Balaban J connectivity index is 2.05. The van der Waals surface area contributed by atoms with Gasteiger partial charge in [-0.15, -0.1) is 0 Å². The Morgan fingerprint density at radius 2 is 1.97 bits per heavy atom. The molecule has 1 aromatic carbocycles. The Morgan fingerprint density at radius 3 is 2.65 bits per heavy atom. The maximum atomic E-state index is 13.4. The van der Waals surface area contributed by atoms with Crippen molar-refractivity contribution in [2.24, 2.45) is 5.92 Å². The molecule has 1 amide bonds. The number of carbonyl (C=O) groups excluding carboxylic acids is 1. The van der Waals surface area contributed by atoms with Gasteiger partial charge in [0, 0.05) is 51.9 Å². The van der Waals surface area contributed by atoms with Crippen molar-refractivity contribution in [1.29, 1.82) is 0 Å². The third-order valence-electron chi connectivity index (χ3n) is 5.98. The maximum absolute atomic E-state index is 13.4. The van der Waals surface area contributed by atoms with Crippen molar-refractivity contribution in [3.05, 3.63) is 58.2 Å². The highest BCUT2D eigenvalue weighted by molar-refractivity contribution is 5.91. The lowest BCUT2D eigenvalue weighted by Crippen LogP contribution is -2.42. The fourth-order valence-corrected chi connectivity index (χ4v) is 4.18. The first kappa shape index (κ1) is 25.9. The maximum Gasteiger partial charge on any atom is 0.288 e. The van der Waals surface area contributed by atoms with Gasteiger partial charge in [-0.1, -0.05) is 12.1 Å². The first-order valence-corrected chi connectivity index (χ1v) is 11.4. The molecule has 0 saturated heterocycles. The van der Waals surface area contributed by atoms with Gasteiger partial charge in [0.2, 0.25) is 6.29 Å². The normalized spacial score (nSPS) is 20.3. The van der Waals surface area contributed by atoms with E-state index in [1.807, 2.05) is 6.92 Å². The van der Waals surface area contributed by atoms with Gasteiger partial charge in [0.15, 0.2) is 17.5 Å². The third kappa shape index (κ3) is 5.67. The molecule has 1 aromatic heterocycles. The average molecular weight is 476 g/mol. The monoisotopic (exact) mass is 475 g/mol. The second-order valence-corrected chi connectivity index (χ2v) is 8.13. The Morgan fingerprint density at radius 1 is 1.24 bits per heavy atom. The van der Waals surface area contributed by atoms with Gasteiger partial charge in [-0.05, 0) is 38.0 Å². The minimum absolute atomic E-state index is 0.0118. The van der Waals surface area contributed by atoms with E-state index in [0.29, 0.717) is 36.0 Å². The van der Waals surface area contributed by atoms with E-state index in [9.17, 15) is 14.7 Å². The molecule has 0 fully saturated rings. The fraction of sp³-hybridized carbons (Fsp3) is 0.520. The van der Waals surface area contributed by atoms with Gasteiger partial charge in [-0.3, -0.25) is 9.59 Å². The molecule has 1 aliphatic heterocycles. The Bertz CT molecular complexity index is 1040. The van der Waals surface area contributed by atoms with Crippen molar-refractivity contribution < 1.29 is 33.3 Å². The standard InChI is InChI=1S/C25H33NO8/c1-5-32-25-16(10-8-12-27)18(19-15-33-20-11-7-6-9-17(20)23(19)28)13-21(34-25)24(29)26(2)14-22(30-3)31-4/h6-7,9,11,13,15-16,18,22,25,27H,5,8,10,12,14H2,1-4H3/t16-,18-,25+/m0/s1. The van der Waals surface area contributed by atoms with E-state index in [0.717, 1.165) is 0 Å². The molecule has 1 N–H and O–H groups in total. The van der Waals surface area contributed by atoms with Crippen molar-refractivity contribution in [3.63, 3.8) is 0 Å². The number of aliphatic hydroxyl groups excluding tert-OH is 1. The van der Waals surface area contributed by atoms with Gasteiger partial charge >= 0.3 is 0 Å². The summed E-state index contributed by atoms with van der Waals surface area (Å²) in [5.41, 5.74) is 0.726. The summed E-state index contributed by atoms with van der Waals surface area (Å²) in [7, 11) is 4.61. The predicted octanol–water partition coefficient (Wildman–Crippen LogP) is 2.62. The van der Waals surface area contributed by atoms with E-state index in [1.54, 1.807) is 37.4 Å². The number of para-hydroxylation sites is 1. The molecular weight excluding hydrogens is 442 g/mol. The summed E-state index contributed by atoms with van der Waals surface area (Å²) in [6.45, 7) is 2.36. The summed E-state index contributed by atoms with van der Waals surface area (Å²) in [5, 5.41) is 9.91. The zero-order valence-corrected chi connectivity index (χ0v) is 20.1. The van der Waals surface area contributed by atoms with Crippen LogP contribution in [0.1, 0.15) is 31.2 Å². The molecule has 2 aromatic rings. The number of amides is 1. The van der Waals surface area contributed by atoms with Crippen LogP contribution in [0.25, 0.3) is 11.0 Å². The van der Waals surface area contributed by atoms with Crippen LogP contribution < -0.4 is 5.43 Å². The van der Waals surface area contributed by atoms with Crippen LogP contribution in [-0.4, -0.2) is 69.5 Å². The summed E-state index contributed by atoms with van der Waals surface area (Å²) < 4.78 is 28.0. The number of carbonyl (C=O) groups is 1. The van der Waals surface area contributed by atoms with Crippen molar-refractivity contribution in [3.8, 4) is 0 Å².